The minimum Gasteiger partial charge on any atom is -0.507 e. The number of ketones is 1. The summed E-state index contributed by atoms with van der Waals surface area (Å²) in [6.07, 6.45) is 3.46. The van der Waals surface area contributed by atoms with Crippen LogP contribution in [-0.4, -0.2) is 59.6 Å². The van der Waals surface area contributed by atoms with Crippen molar-refractivity contribution >= 4 is 28.6 Å². The fraction of sp³-hybridized carbons (Fsp3) is 0.276. The number of fused-ring (bicyclic) bond motifs is 5. The Labute approximate surface area is 219 Å². The number of nitrogens with zero attached hydrogens (tertiary/aromatic N) is 1. The van der Waals surface area contributed by atoms with Crippen LogP contribution in [0.25, 0.3) is 10.9 Å². The summed E-state index contributed by atoms with van der Waals surface area (Å²) in [6.45, 7) is 3.82. The number of H-pyrrole nitrogens is 1. The first kappa shape index (κ1) is 25.1. The molecular formula is C29H28N2O7. The smallest absolute Gasteiger partial charge is 0.343 e. The minimum absolute atomic E-state index is 0.0430. The number of hydrogen-bond acceptors (Lipinski definition) is 8. The number of nitrogens with one attached hydrogen (secondary N) is 1. The topological polar surface area (TPSA) is 118 Å². The van der Waals surface area contributed by atoms with Crippen molar-refractivity contribution in [2.24, 2.45) is 0 Å². The molecule has 196 valence electrons. The van der Waals surface area contributed by atoms with Crippen molar-refractivity contribution in [1.82, 2.24) is 9.88 Å². The summed E-state index contributed by atoms with van der Waals surface area (Å²) in [4.78, 5) is 46.0. The lowest BCUT2D eigenvalue weighted by molar-refractivity contribution is -0.159. The normalized spacial score (nSPS) is 18.1. The summed E-state index contributed by atoms with van der Waals surface area (Å²) >= 11 is 0. The van der Waals surface area contributed by atoms with Gasteiger partial charge in [-0.15, -0.1) is 0 Å². The van der Waals surface area contributed by atoms with Crippen molar-refractivity contribution in [2.75, 3.05) is 26.9 Å². The number of Topliss-reactive ketones (excluding diaryl/α,β-unsaturated/α-hetero) is 1. The molecular weight excluding hydrogens is 488 g/mol. The van der Waals surface area contributed by atoms with Crippen LogP contribution in [0.2, 0.25) is 0 Å². The van der Waals surface area contributed by atoms with Gasteiger partial charge in [0.05, 0.1) is 37.2 Å². The van der Waals surface area contributed by atoms with Gasteiger partial charge in [-0.2, -0.15) is 0 Å². The number of rotatable bonds is 7. The molecule has 0 fully saturated rings. The fourth-order valence-electron chi connectivity index (χ4n) is 5.31. The largest absolute Gasteiger partial charge is 0.507 e. The van der Waals surface area contributed by atoms with E-state index in [0.29, 0.717) is 24.4 Å². The Balaban J connectivity index is 1.77. The van der Waals surface area contributed by atoms with E-state index in [4.69, 9.17) is 14.2 Å². The molecule has 2 aliphatic rings. The number of benzene rings is 2. The van der Waals surface area contributed by atoms with Gasteiger partial charge in [0, 0.05) is 29.2 Å². The van der Waals surface area contributed by atoms with Crippen LogP contribution in [-0.2, 0) is 31.0 Å². The summed E-state index contributed by atoms with van der Waals surface area (Å²) in [5.74, 6) is -1.42. The van der Waals surface area contributed by atoms with E-state index in [-0.39, 0.29) is 35.7 Å². The predicted molar refractivity (Wildman–Crippen MR) is 139 cm³/mol. The highest BCUT2D eigenvalue weighted by atomic mass is 16.5. The number of aromatic hydroxyl groups is 1. The molecule has 0 amide bonds. The number of hydrogen-bond donors (Lipinski definition) is 2. The number of phenolic OH excluding ortho intramolecular Hbond substituents is 1. The van der Waals surface area contributed by atoms with E-state index < -0.39 is 23.3 Å². The molecule has 9 nitrogen and oxygen atoms in total. The Kier molecular flexibility index (Phi) is 6.44. The van der Waals surface area contributed by atoms with Crippen LogP contribution in [0.1, 0.15) is 35.5 Å². The summed E-state index contributed by atoms with van der Waals surface area (Å²) in [5.41, 5.74) is 0.568. The number of ether oxygens (including phenoxy) is 3. The Bertz CT molecular complexity index is 1520. The first-order chi connectivity index (χ1) is 18.4. The molecule has 0 aliphatic carbocycles. The maximum atomic E-state index is 13.9. The van der Waals surface area contributed by atoms with Gasteiger partial charge in [0.15, 0.2) is 5.78 Å². The summed E-state index contributed by atoms with van der Waals surface area (Å²) < 4.78 is 16.4. The zero-order chi connectivity index (χ0) is 27.0. The van der Waals surface area contributed by atoms with Crippen LogP contribution in [0.4, 0.5) is 0 Å². The number of allylic oxidation sites excluding steroid dienone is 2. The third kappa shape index (κ3) is 3.73. The first-order valence-corrected chi connectivity index (χ1v) is 12.4. The molecule has 38 heavy (non-hydrogen) atoms. The molecule has 1 aromatic heterocycles. The third-order valence-corrected chi connectivity index (χ3v) is 6.97. The lowest BCUT2D eigenvalue weighted by Gasteiger charge is -2.46. The van der Waals surface area contributed by atoms with E-state index in [1.54, 1.807) is 44.2 Å². The van der Waals surface area contributed by atoms with Gasteiger partial charge in [0.1, 0.15) is 11.5 Å². The zero-order valence-electron chi connectivity index (χ0n) is 21.4. The summed E-state index contributed by atoms with van der Waals surface area (Å²) in [6, 6.07) is 11.7. The Morgan fingerprint density at radius 1 is 1.08 bits per heavy atom. The third-order valence-electron chi connectivity index (χ3n) is 6.97. The second-order valence-corrected chi connectivity index (χ2v) is 8.97. The van der Waals surface area contributed by atoms with Gasteiger partial charge in [-0.1, -0.05) is 12.1 Å². The van der Waals surface area contributed by atoms with Crippen molar-refractivity contribution in [3.05, 3.63) is 82.7 Å². The highest BCUT2D eigenvalue weighted by molar-refractivity contribution is 6.14. The van der Waals surface area contributed by atoms with Crippen LogP contribution >= 0.6 is 0 Å². The summed E-state index contributed by atoms with van der Waals surface area (Å²) in [5, 5.41) is 11.2. The van der Waals surface area contributed by atoms with E-state index in [0.717, 1.165) is 16.5 Å². The molecule has 5 rings (SSSR count). The van der Waals surface area contributed by atoms with Crippen LogP contribution in [0, 0.1) is 0 Å². The van der Waals surface area contributed by atoms with Gasteiger partial charge in [0.2, 0.25) is 5.54 Å². The molecule has 0 bridgehead atoms. The van der Waals surface area contributed by atoms with E-state index in [1.807, 2.05) is 18.2 Å². The number of methoxy groups -OCH3 is 1. The maximum Gasteiger partial charge on any atom is 0.343 e. The number of aromatic amines is 1. The van der Waals surface area contributed by atoms with Crippen molar-refractivity contribution in [2.45, 2.75) is 25.8 Å². The molecule has 2 N–H and O–H groups in total. The van der Waals surface area contributed by atoms with E-state index in [9.17, 15) is 19.5 Å². The van der Waals surface area contributed by atoms with Crippen molar-refractivity contribution in [1.29, 1.82) is 0 Å². The minimum atomic E-state index is -1.70. The van der Waals surface area contributed by atoms with Crippen LogP contribution in [0.3, 0.4) is 0 Å². The van der Waals surface area contributed by atoms with Gasteiger partial charge in [-0.05, 0) is 62.2 Å². The number of esters is 2. The Morgan fingerprint density at radius 2 is 1.84 bits per heavy atom. The SMILES string of the molecule is CCOC(=O)C1=CC(C(=O)c2ccccc2O)=CN2CCc3c([nH]c4ccc(OC)cc34)C12C(=O)OCC. The molecule has 0 spiro atoms. The molecule has 2 aliphatic heterocycles. The predicted octanol–water partition coefficient (Wildman–Crippen LogP) is 3.77. The van der Waals surface area contributed by atoms with Crippen molar-refractivity contribution < 1.29 is 33.7 Å². The lowest BCUT2D eigenvalue weighted by Crippen LogP contribution is -2.58. The number of carbonyl (C=O) groups excluding carboxylic acids is 3. The Hall–Kier alpha value is -4.53. The number of para-hydroxylation sites is 1. The monoisotopic (exact) mass is 516 g/mol. The molecule has 0 radical (unpaired) electrons. The van der Waals surface area contributed by atoms with Crippen LogP contribution in [0.5, 0.6) is 11.5 Å². The van der Waals surface area contributed by atoms with Crippen LogP contribution < -0.4 is 4.74 Å². The van der Waals surface area contributed by atoms with Gasteiger partial charge in [-0.25, -0.2) is 9.59 Å². The molecule has 3 aromatic rings. The second kappa shape index (κ2) is 9.74. The molecule has 1 atom stereocenters. The molecule has 0 saturated heterocycles. The van der Waals surface area contributed by atoms with Gasteiger partial charge < -0.3 is 29.2 Å². The van der Waals surface area contributed by atoms with Crippen molar-refractivity contribution in [3.8, 4) is 11.5 Å². The maximum absolute atomic E-state index is 13.9. The molecule has 1 unspecified atom stereocenters. The molecule has 0 saturated carbocycles. The zero-order valence-corrected chi connectivity index (χ0v) is 21.4. The van der Waals surface area contributed by atoms with Gasteiger partial charge >= 0.3 is 11.9 Å². The number of carbonyl (C=O) groups is 3. The standard InChI is InChI=1S/C29H28N2O7/c1-4-37-27(34)22-14-17(25(33)20-8-6-7-9-24(20)32)16-31-13-12-19-21-15-18(36-3)10-11-23(21)30-26(19)29(22,31)28(35)38-5-2/h6-11,14-16,30,32H,4-5,12-13H2,1-3H3. The second-order valence-electron chi connectivity index (χ2n) is 8.97. The van der Waals surface area contributed by atoms with E-state index in [1.165, 1.54) is 18.2 Å². The van der Waals surface area contributed by atoms with E-state index in [2.05, 4.69) is 4.98 Å². The van der Waals surface area contributed by atoms with E-state index >= 15 is 0 Å². The van der Waals surface area contributed by atoms with Gasteiger partial charge in [-0.3, -0.25) is 4.79 Å². The van der Waals surface area contributed by atoms with Crippen LogP contribution in [0.15, 0.2) is 65.9 Å². The molecule has 9 heteroatoms. The summed E-state index contributed by atoms with van der Waals surface area (Å²) in [7, 11) is 1.58. The Morgan fingerprint density at radius 3 is 2.55 bits per heavy atom. The first-order valence-electron chi connectivity index (χ1n) is 12.4. The number of phenols is 1. The number of aromatic nitrogens is 1. The average molecular weight is 517 g/mol. The fourth-order valence-corrected chi connectivity index (χ4v) is 5.31. The quantitative estimate of drug-likeness (QED) is 0.360. The lowest BCUT2D eigenvalue weighted by atomic mass is 9.75. The highest BCUT2D eigenvalue weighted by Gasteiger charge is 2.58. The van der Waals surface area contributed by atoms with Gasteiger partial charge in [0.25, 0.3) is 0 Å². The molecule has 3 heterocycles. The van der Waals surface area contributed by atoms with Crippen molar-refractivity contribution in [3.63, 3.8) is 0 Å². The highest BCUT2D eigenvalue weighted by Crippen LogP contribution is 2.48. The average Bonchev–Trinajstić information content (AvgIpc) is 3.30. The molecule has 2 aromatic carbocycles.